The standard InChI is InChI=1S/C14H17BrFNO/c1-10(18)11-3-2-6-17(8-11)9-12-4-5-13(16)7-14(12)15/h4-5,7,11H,2-3,6,8-9H2,1H3. The molecule has 0 saturated carbocycles. The van der Waals surface area contributed by atoms with E-state index in [9.17, 15) is 9.18 Å². The Hall–Kier alpha value is -0.740. The molecule has 2 rings (SSSR count). The van der Waals surface area contributed by atoms with E-state index in [0.717, 1.165) is 42.5 Å². The monoisotopic (exact) mass is 313 g/mol. The number of hydrogen-bond donors (Lipinski definition) is 0. The summed E-state index contributed by atoms with van der Waals surface area (Å²) in [6.07, 6.45) is 2.06. The molecule has 1 aliphatic heterocycles. The minimum absolute atomic E-state index is 0.165. The van der Waals surface area contributed by atoms with E-state index in [1.54, 1.807) is 13.0 Å². The first-order valence-corrected chi connectivity index (χ1v) is 7.02. The van der Waals surface area contributed by atoms with E-state index in [2.05, 4.69) is 20.8 Å². The molecule has 0 aromatic heterocycles. The van der Waals surface area contributed by atoms with E-state index in [1.165, 1.54) is 12.1 Å². The normalized spacial score (nSPS) is 20.9. The summed E-state index contributed by atoms with van der Waals surface area (Å²) in [7, 11) is 0. The molecule has 1 unspecified atom stereocenters. The summed E-state index contributed by atoms with van der Waals surface area (Å²) in [4.78, 5) is 13.7. The Kier molecular flexibility index (Phi) is 4.51. The molecule has 1 saturated heterocycles. The number of ketones is 1. The fraction of sp³-hybridized carbons (Fsp3) is 0.500. The Labute approximate surface area is 115 Å². The van der Waals surface area contributed by atoms with Gasteiger partial charge in [-0.3, -0.25) is 9.69 Å². The Morgan fingerprint density at radius 3 is 3.00 bits per heavy atom. The van der Waals surface area contributed by atoms with E-state index in [4.69, 9.17) is 0 Å². The van der Waals surface area contributed by atoms with Crippen molar-refractivity contribution < 1.29 is 9.18 Å². The van der Waals surface area contributed by atoms with Gasteiger partial charge in [-0.1, -0.05) is 22.0 Å². The molecule has 4 heteroatoms. The lowest BCUT2D eigenvalue weighted by molar-refractivity contribution is -0.122. The predicted molar refractivity (Wildman–Crippen MR) is 72.8 cm³/mol. The van der Waals surface area contributed by atoms with Crippen LogP contribution in [0.15, 0.2) is 22.7 Å². The first-order valence-electron chi connectivity index (χ1n) is 6.23. The summed E-state index contributed by atoms with van der Waals surface area (Å²) in [5.74, 6) is 0.210. The fourth-order valence-electron chi connectivity index (χ4n) is 2.42. The predicted octanol–water partition coefficient (Wildman–Crippen LogP) is 3.39. The van der Waals surface area contributed by atoms with Gasteiger partial charge in [0.15, 0.2) is 0 Å². The Balaban J connectivity index is 2.02. The van der Waals surface area contributed by atoms with Crippen LogP contribution in [0.2, 0.25) is 0 Å². The lowest BCUT2D eigenvalue weighted by atomic mass is 9.94. The average Bonchev–Trinajstić information content (AvgIpc) is 2.33. The molecule has 1 aromatic rings. The van der Waals surface area contributed by atoms with Gasteiger partial charge < -0.3 is 0 Å². The van der Waals surface area contributed by atoms with Gasteiger partial charge in [-0.25, -0.2) is 4.39 Å². The van der Waals surface area contributed by atoms with E-state index < -0.39 is 0 Å². The maximum absolute atomic E-state index is 13.0. The number of nitrogens with zero attached hydrogens (tertiary/aromatic N) is 1. The minimum atomic E-state index is -0.231. The van der Waals surface area contributed by atoms with Crippen molar-refractivity contribution in [3.8, 4) is 0 Å². The third-order valence-corrected chi connectivity index (χ3v) is 4.23. The molecule has 1 fully saturated rings. The van der Waals surface area contributed by atoms with Crippen LogP contribution in [0.4, 0.5) is 4.39 Å². The lowest BCUT2D eigenvalue weighted by Crippen LogP contribution is -2.37. The number of piperidine rings is 1. The third kappa shape index (κ3) is 3.39. The molecule has 1 aromatic carbocycles. The maximum Gasteiger partial charge on any atom is 0.134 e. The third-order valence-electron chi connectivity index (χ3n) is 3.49. The molecule has 1 heterocycles. The van der Waals surface area contributed by atoms with Gasteiger partial charge in [0.05, 0.1) is 0 Å². The number of benzene rings is 1. The maximum atomic E-state index is 13.0. The Bertz CT molecular complexity index is 449. The van der Waals surface area contributed by atoms with E-state index in [1.807, 2.05) is 0 Å². The van der Waals surface area contributed by atoms with Crippen molar-refractivity contribution >= 4 is 21.7 Å². The molecular formula is C14H17BrFNO. The van der Waals surface area contributed by atoms with Crippen LogP contribution in [0.25, 0.3) is 0 Å². The summed E-state index contributed by atoms with van der Waals surface area (Å²) in [6.45, 7) is 4.26. The van der Waals surface area contributed by atoms with E-state index >= 15 is 0 Å². The van der Waals surface area contributed by atoms with Crippen LogP contribution in [-0.2, 0) is 11.3 Å². The first-order chi connectivity index (χ1) is 8.56. The molecule has 1 atom stereocenters. The molecule has 2 nitrogen and oxygen atoms in total. The lowest BCUT2D eigenvalue weighted by Gasteiger charge is -2.31. The molecule has 0 spiro atoms. The molecule has 0 N–H and O–H groups in total. The van der Waals surface area contributed by atoms with Crippen molar-refractivity contribution in [1.29, 1.82) is 0 Å². The summed E-state index contributed by atoms with van der Waals surface area (Å²) in [5, 5.41) is 0. The van der Waals surface area contributed by atoms with Gasteiger partial charge >= 0.3 is 0 Å². The topological polar surface area (TPSA) is 20.3 Å². The number of likely N-dealkylation sites (tertiary alicyclic amines) is 1. The number of rotatable bonds is 3. The van der Waals surface area contributed by atoms with E-state index in [0.29, 0.717) is 0 Å². The van der Waals surface area contributed by atoms with Crippen molar-refractivity contribution in [2.45, 2.75) is 26.3 Å². The number of Topliss-reactive ketones (excluding diaryl/α,β-unsaturated/α-hetero) is 1. The zero-order chi connectivity index (χ0) is 13.1. The quantitative estimate of drug-likeness (QED) is 0.852. The van der Waals surface area contributed by atoms with Gasteiger partial charge in [-0.05, 0) is 44.0 Å². The molecule has 1 aliphatic rings. The van der Waals surface area contributed by atoms with Crippen LogP contribution < -0.4 is 0 Å². The molecule has 18 heavy (non-hydrogen) atoms. The summed E-state index contributed by atoms with van der Waals surface area (Å²) >= 11 is 3.38. The molecular weight excluding hydrogens is 297 g/mol. The highest BCUT2D eigenvalue weighted by Crippen LogP contribution is 2.23. The number of carbonyl (C=O) groups is 1. The number of halogens is 2. The molecule has 98 valence electrons. The molecule has 0 aliphatic carbocycles. The van der Waals surface area contributed by atoms with Crippen LogP contribution in [0, 0.1) is 11.7 Å². The second-order valence-electron chi connectivity index (χ2n) is 4.92. The van der Waals surface area contributed by atoms with Gasteiger partial charge in [0.1, 0.15) is 11.6 Å². The van der Waals surface area contributed by atoms with Crippen molar-refractivity contribution in [2.24, 2.45) is 5.92 Å². The number of hydrogen-bond acceptors (Lipinski definition) is 2. The molecule has 0 amide bonds. The van der Waals surface area contributed by atoms with Gasteiger partial charge in [0, 0.05) is 23.5 Å². The van der Waals surface area contributed by atoms with Gasteiger partial charge in [-0.2, -0.15) is 0 Å². The Morgan fingerprint density at radius 2 is 2.33 bits per heavy atom. The highest BCUT2D eigenvalue weighted by Gasteiger charge is 2.23. The summed E-state index contributed by atoms with van der Waals surface area (Å²) in [6, 6.07) is 4.77. The summed E-state index contributed by atoms with van der Waals surface area (Å²) in [5.41, 5.74) is 1.07. The number of carbonyl (C=O) groups excluding carboxylic acids is 1. The second-order valence-corrected chi connectivity index (χ2v) is 5.77. The first kappa shape index (κ1) is 13.7. The highest BCUT2D eigenvalue weighted by molar-refractivity contribution is 9.10. The van der Waals surface area contributed by atoms with Gasteiger partial charge in [-0.15, -0.1) is 0 Å². The molecule has 0 bridgehead atoms. The molecule has 0 radical (unpaired) electrons. The summed E-state index contributed by atoms with van der Waals surface area (Å²) < 4.78 is 13.8. The van der Waals surface area contributed by atoms with E-state index in [-0.39, 0.29) is 17.5 Å². The largest absolute Gasteiger partial charge is 0.300 e. The SMILES string of the molecule is CC(=O)C1CCCN(Cc2ccc(F)cc2Br)C1. The second kappa shape index (κ2) is 5.93. The van der Waals surface area contributed by atoms with Crippen LogP contribution >= 0.6 is 15.9 Å². The van der Waals surface area contributed by atoms with Crippen molar-refractivity contribution in [3.63, 3.8) is 0 Å². The van der Waals surface area contributed by atoms with Crippen LogP contribution in [0.5, 0.6) is 0 Å². The van der Waals surface area contributed by atoms with Gasteiger partial charge in [0.2, 0.25) is 0 Å². The highest BCUT2D eigenvalue weighted by atomic mass is 79.9. The zero-order valence-electron chi connectivity index (χ0n) is 10.5. The fourth-order valence-corrected chi connectivity index (χ4v) is 2.90. The van der Waals surface area contributed by atoms with Crippen molar-refractivity contribution in [3.05, 3.63) is 34.1 Å². The van der Waals surface area contributed by atoms with Gasteiger partial charge in [0.25, 0.3) is 0 Å². The van der Waals surface area contributed by atoms with Crippen molar-refractivity contribution in [1.82, 2.24) is 4.90 Å². The Morgan fingerprint density at radius 1 is 1.56 bits per heavy atom. The zero-order valence-corrected chi connectivity index (χ0v) is 12.0. The van der Waals surface area contributed by atoms with Crippen LogP contribution in [0.3, 0.4) is 0 Å². The van der Waals surface area contributed by atoms with Crippen LogP contribution in [-0.4, -0.2) is 23.8 Å². The van der Waals surface area contributed by atoms with Crippen molar-refractivity contribution in [2.75, 3.05) is 13.1 Å². The smallest absolute Gasteiger partial charge is 0.134 e. The van der Waals surface area contributed by atoms with Crippen LogP contribution in [0.1, 0.15) is 25.3 Å². The average molecular weight is 314 g/mol. The minimum Gasteiger partial charge on any atom is -0.300 e.